The average molecular weight is 283 g/mol. The van der Waals surface area contributed by atoms with E-state index in [1.165, 1.54) is 38.5 Å². The standard InChI is InChI=1S/C19H38O/c1-7-11-13-15-18(5,9-3)17(20)19(6,10-4)16-14-12-8-2/h7-16H2,1-6H3. The van der Waals surface area contributed by atoms with Crippen LogP contribution in [-0.2, 0) is 4.79 Å². The molecule has 0 bridgehead atoms. The summed E-state index contributed by atoms with van der Waals surface area (Å²) in [6, 6.07) is 0. The highest BCUT2D eigenvalue weighted by Gasteiger charge is 2.41. The fraction of sp³-hybridized carbons (Fsp3) is 0.947. The number of unbranched alkanes of at least 4 members (excludes halogenated alkanes) is 4. The second-order valence-electron chi connectivity index (χ2n) is 7.07. The van der Waals surface area contributed by atoms with Gasteiger partial charge < -0.3 is 0 Å². The molecule has 0 radical (unpaired) electrons. The summed E-state index contributed by atoms with van der Waals surface area (Å²) in [7, 11) is 0. The number of ketones is 1. The monoisotopic (exact) mass is 282 g/mol. The fourth-order valence-electron chi connectivity index (χ4n) is 3.16. The predicted molar refractivity (Wildman–Crippen MR) is 90.1 cm³/mol. The van der Waals surface area contributed by atoms with Gasteiger partial charge in [-0.15, -0.1) is 0 Å². The molecule has 120 valence electrons. The Balaban J connectivity index is 4.81. The lowest BCUT2D eigenvalue weighted by Crippen LogP contribution is -2.40. The first-order chi connectivity index (χ1) is 9.40. The Morgan fingerprint density at radius 3 is 1.30 bits per heavy atom. The summed E-state index contributed by atoms with van der Waals surface area (Å²) < 4.78 is 0. The van der Waals surface area contributed by atoms with E-state index in [4.69, 9.17) is 0 Å². The molecule has 0 aliphatic rings. The normalized spacial score (nSPS) is 17.5. The van der Waals surface area contributed by atoms with E-state index in [0.717, 1.165) is 25.7 Å². The van der Waals surface area contributed by atoms with Gasteiger partial charge >= 0.3 is 0 Å². The minimum atomic E-state index is -0.105. The van der Waals surface area contributed by atoms with Gasteiger partial charge in [-0.1, -0.05) is 80.1 Å². The van der Waals surface area contributed by atoms with Crippen molar-refractivity contribution in [3.63, 3.8) is 0 Å². The van der Waals surface area contributed by atoms with Crippen molar-refractivity contribution in [2.24, 2.45) is 10.8 Å². The third-order valence-corrected chi connectivity index (χ3v) is 5.32. The zero-order chi connectivity index (χ0) is 15.6. The first-order valence-electron chi connectivity index (χ1n) is 8.95. The van der Waals surface area contributed by atoms with Gasteiger partial charge in [0.1, 0.15) is 5.78 Å². The molecule has 0 aromatic heterocycles. The topological polar surface area (TPSA) is 17.1 Å². The van der Waals surface area contributed by atoms with Gasteiger partial charge in [-0.05, 0) is 25.7 Å². The van der Waals surface area contributed by atoms with Crippen LogP contribution in [0.5, 0.6) is 0 Å². The number of carbonyl (C=O) groups is 1. The fourth-order valence-corrected chi connectivity index (χ4v) is 3.16. The van der Waals surface area contributed by atoms with Crippen LogP contribution in [-0.4, -0.2) is 5.78 Å². The van der Waals surface area contributed by atoms with E-state index in [2.05, 4.69) is 41.5 Å². The van der Waals surface area contributed by atoms with Crippen LogP contribution in [0.2, 0.25) is 0 Å². The van der Waals surface area contributed by atoms with Crippen LogP contribution in [0.15, 0.2) is 0 Å². The van der Waals surface area contributed by atoms with Crippen molar-refractivity contribution in [1.82, 2.24) is 0 Å². The Bertz CT molecular complexity index is 245. The summed E-state index contributed by atoms with van der Waals surface area (Å²) in [5.41, 5.74) is -0.210. The van der Waals surface area contributed by atoms with Gasteiger partial charge in [0.2, 0.25) is 0 Å². The molecule has 0 amide bonds. The molecule has 20 heavy (non-hydrogen) atoms. The van der Waals surface area contributed by atoms with E-state index in [1.807, 2.05) is 0 Å². The molecule has 0 aromatic carbocycles. The lowest BCUT2D eigenvalue weighted by Gasteiger charge is -2.37. The molecule has 0 N–H and O–H groups in total. The van der Waals surface area contributed by atoms with Gasteiger partial charge in [-0.25, -0.2) is 0 Å². The van der Waals surface area contributed by atoms with E-state index in [0.29, 0.717) is 5.78 Å². The Kier molecular flexibility index (Phi) is 9.42. The van der Waals surface area contributed by atoms with E-state index >= 15 is 0 Å². The molecular formula is C19H38O. The maximum atomic E-state index is 13.1. The average Bonchev–Trinajstić information content (AvgIpc) is 2.46. The Morgan fingerprint density at radius 2 is 1.05 bits per heavy atom. The highest BCUT2D eigenvalue weighted by molar-refractivity contribution is 5.89. The Morgan fingerprint density at radius 1 is 0.700 bits per heavy atom. The van der Waals surface area contributed by atoms with E-state index in [9.17, 15) is 4.79 Å². The van der Waals surface area contributed by atoms with Crippen LogP contribution in [0.4, 0.5) is 0 Å². The minimum Gasteiger partial charge on any atom is -0.298 e. The van der Waals surface area contributed by atoms with Gasteiger partial charge in [0.15, 0.2) is 0 Å². The predicted octanol–water partition coefficient (Wildman–Crippen LogP) is 6.55. The van der Waals surface area contributed by atoms with Crippen LogP contribution in [0.3, 0.4) is 0 Å². The Labute approximate surface area is 127 Å². The largest absolute Gasteiger partial charge is 0.298 e. The second kappa shape index (κ2) is 9.58. The van der Waals surface area contributed by atoms with Crippen LogP contribution >= 0.6 is 0 Å². The summed E-state index contributed by atoms with van der Waals surface area (Å²) in [6.45, 7) is 13.2. The van der Waals surface area contributed by atoms with Gasteiger partial charge in [-0.3, -0.25) is 4.79 Å². The number of carbonyl (C=O) groups excluding carboxylic acids is 1. The molecule has 0 saturated carbocycles. The quantitative estimate of drug-likeness (QED) is 0.371. The van der Waals surface area contributed by atoms with Crippen LogP contribution in [0.1, 0.15) is 106 Å². The molecule has 0 aromatic rings. The van der Waals surface area contributed by atoms with Crippen molar-refractivity contribution in [1.29, 1.82) is 0 Å². The summed E-state index contributed by atoms with van der Waals surface area (Å²) in [4.78, 5) is 13.1. The molecule has 2 unspecified atom stereocenters. The highest BCUT2D eigenvalue weighted by atomic mass is 16.1. The van der Waals surface area contributed by atoms with Crippen molar-refractivity contribution < 1.29 is 4.79 Å². The molecule has 2 atom stereocenters. The van der Waals surface area contributed by atoms with E-state index in [1.54, 1.807) is 0 Å². The molecule has 0 spiro atoms. The molecule has 0 saturated heterocycles. The summed E-state index contributed by atoms with van der Waals surface area (Å²) in [5, 5.41) is 0. The molecule has 0 aliphatic heterocycles. The molecule has 1 nitrogen and oxygen atoms in total. The molecule has 1 heteroatoms. The smallest absolute Gasteiger partial charge is 0.144 e. The first kappa shape index (κ1) is 19.7. The molecule has 0 heterocycles. The summed E-state index contributed by atoms with van der Waals surface area (Å²) in [6.07, 6.45) is 11.5. The minimum absolute atomic E-state index is 0.105. The van der Waals surface area contributed by atoms with Crippen molar-refractivity contribution in [3.8, 4) is 0 Å². The lowest BCUT2D eigenvalue weighted by molar-refractivity contribution is -0.139. The zero-order valence-corrected chi connectivity index (χ0v) is 15.0. The summed E-state index contributed by atoms with van der Waals surface area (Å²) >= 11 is 0. The second-order valence-corrected chi connectivity index (χ2v) is 7.07. The van der Waals surface area contributed by atoms with Crippen molar-refractivity contribution >= 4 is 5.78 Å². The third kappa shape index (κ3) is 5.58. The Hall–Kier alpha value is -0.330. The first-order valence-corrected chi connectivity index (χ1v) is 8.95. The molecular weight excluding hydrogens is 244 g/mol. The van der Waals surface area contributed by atoms with Crippen LogP contribution < -0.4 is 0 Å². The lowest BCUT2D eigenvalue weighted by atomic mass is 9.65. The molecule has 0 fully saturated rings. The number of hydrogen-bond donors (Lipinski definition) is 0. The molecule has 0 rings (SSSR count). The summed E-state index contributed by atoms with van der Waals surface area (Å²) in [5.74, 6) is 0.530. The zero-order valence-electron chi connectivity index (χ0n) is 15.0. The number of rotatable bonds is 12. The highest BCUT2D eigenvalue weighted by Crippen LogP contribution is 2.41. The van der Waals surface area contributed by atoms with Crippen molar-refractivity contribution in [2.45, 2.75) is 106 Å². The maximum absolute atomic E-state index is 13.1. The third-order valence-electron chi connectivity index (χ3n) is 5.32. The van der Waals surface area contributed by atoms with Gasteiger partial charge in [0.25, 0.3) is 0 Å². The maximum Gasteiger partial charge on any atom is 0.144 e. The van der Waals surface area contributed by atoms with Gasteiger partial charge in [0.05, 0.1) is 0 Å². The number of Topliss-reactive ketones (excluding diaryl/α,β-unsaturated/α-hetero) is 1. The SMILES string of the molecule is CCCCCC(C)(CC)C(=O)C(C)(CC)CCCCC. The van der Waals surface area contributed by atoms with Gasteiger partial charge in [0, 0.05) is 10.8 Å². The van der Waals surface area contributed by atoms with E-state index in [-0.39, 0.29) is 10.8 Å². The number of hydrogen-bond acceptors (Lipinski definition) is 1. The van der Waals surface area contributed by atoms with Crippen LogP contribution in [0.25, 0.3) is 0 Å². The molecule has 0 aliphatic carbocycles. The van der Waals surface area contributed by atoms with Crippen LogP contribution in [0, 0.1) is 10.8 Å². The van der Waals surface area contributed by atoms with Crippen molar-refractivity contribution in [3.05, 3.63) is 0 Å². The van der Waals surface area contributed by atoms with E-state index < -0.39 is 0 Å². The van der Waals surface area contributed by atoms with Crippen molar-refractivity contribution in [2.75, 3.05) is 0 Å². The van der Waals surface area contributed by atoms with Gasteiger partial charge in [-0.2, -0.15) is 0 Å².